The van der Waals surface area contributed by atoms with E-state index in [4.69, 9.17) is 0 Å². The van der Waals surface area contributed by atoms with Gasteiger partial charge in [0.1, 0.15) is 5.78 Å². The number of hydrogen-bond donors (Lipinski definition) is 1. The summed E-state index contributed by atoms with van der Waals surface area (Å²) >= 11 is 0. The van der Waals surface area contributed by atoms with E-state index in [9.17, 15) is 9.90 Å². The Morgan fingerprint density at radius 3 is 2.06 bits per heavy atom. The molecule has 0 aliphatic heterocycles. The monoisotopic (exact) mass is 242 g/mol. The molecule has 0 saturated heterocycles. The van der Waals surface area contributed by atoms with E-state index in [1.165, 1.54) is 6.42 Å². The summed E-state index contributed by atoms with van der Waals surface area (Å²) in [5.74, 6) is 0.0441. The highest BCUT2D eigenvalue weighted by Crippen LogP contribution is 2.20. The van der Waals surface area contributed by atoms with Gasteiger partial charge < -0.3 is 5.11 Å². The topological polar surface area (TPSA) is 37.3 Å². The van der Waals surface area contributed by atoms with E-state index in [-0.39, 0.29) is 17.6 Å². The third-order valence-electron chi connectivity index (χ3n) is 2.70. The molecule has 0 fully saturated rings. The Balaban J connectivity index is 0. The van der Waals surface area contributed by atoms with Crippen molar-refractivity contribution in [2.45, 2.75) is 66.9 Å². The Labute approximate surface area is 107 Å². The number of carbonyl (C=O) groups is 1. The van der Waals surface area contributed by atoms with Gasteiger partial charge in [0, 0.05) is 5.92 Å². The highest BCUT2D eigenvalue weighted by molar-refractivity contribution is 5.78. The maximum atomic E-state index is 11.2. The molecule has 1 N–H and O–H groups in total. The number of aliphatic hydroxyl groups is 1. The van der Waals surface area contributed by atoms with Crippen LogP contribution < -0.4 is 0 Å². The lowest BCUT2D eigenvalue weighted by Crippen LogP contribution is -2.31. The highest BCUT2D eigenvalue weighted by atomic mass is 16.3. The molecule has 0 rings (SSSR count). The molecule has 0 heterocycles. The van der Waals surface area contributed by atoms with Crippen molar-refractivity contribution >= 4 is 5.78 Å². The van der Waals surface area contributed by atoms with Crippen LogP contribution in [0, 0.1) is 11.8 Å². The molecule has 0 aliphatic carbocycles. The summed E-state index contributed by atoms with van der Waals surface area (Å²) in [5, 5.41) is 9.92. The molecular formula is C15H30O2. The molecule has 2 nitrogen and oxygen atoms in total. The molecule has 2 heteroatoms. The van der Waals surface area contributed by atoms with Crippen molar-refractivity contribution in [1.29, 1.82) is 0 Å². The van der Waals surface area contributed by atoms with Gasteiger partial charge in [-0.15, -0.1) is 0 Å². The summed E-state index contributed by atoms with van der Waals surface area (Å²) in [6.45, 7) is 11.7. The van der Waals surface area contributed by atoms with Crippen LogP contribution in [0.5, 0.6) is 0 Å². The molecule has 17 heavy (non-hydrogen) atoms. The van der Waals surface area contributed by atoms with Crippen molar-refractivity contribution in [3.63, 3.8) is 0 Å². The normalized spacial score (nSPS) is 15.9. The number of carbonyl (C=O) groups excluding carboxylic acids is 1. The second kappa shape index (κ2) is 11.8. The van der Waals surface area contributed by atoms with Crippen molar-refractivity contribution in [2.24, 2.45) is 11.8 Å². The van der Waals surface area contributed by atoms with Crippen molar-refractivity contribution in [1.82, 2.24) is 0 Å². The van der Waals surface area contributed by atoms with Gasteiger partial charge in [0.15, 0.2) is 0 Å². The fraction of sp³-hybridized carbons (Fsp3) is 0.800. The molecule has 0 radical (unpaired) electrons. The molecule has 0 amide bonds. The zero-order chi connectivity index (χ0) is 13.8. The third kappa shape index (κ3) is 9.11. The maximum Gasteiger partial charge on any atom is 0.135 e. The van der Waals surface area contributed by atoms with E-state index in [0.717, 1.165) is 12.8 Å². The van der Waals surface area contributed by atoms with Gasteiger partial charge in [-0.05, 0) is 32.6 Å². The van der Waals surface area contributed by atoms with E-state index in [1.54, 1.807) is 6.92 Å². The zero-order valence-corrected chi connectivity index (χ0v) is 12.4. The lowest BCUT2D eigenvalue weighted by Gasteiger charge is -2.24. The van der Waals surface area contributed by atoms with Crippen LogP contribution in [0.3, 0.4) is 0 Å². The Bertz CT molecular complexity index is 209. The number of hydrogen-bond acceptors (Lipinski definition) is 2. The second-order valence-corrected chi connectivity index (χ2v) is 4.61. The minimum Gasteiger partial charge on any atom is -0.392 e. The van der Waals surface area contributed by atoms with Gasteiger partial charge >= 0.3 is 0 Å². The quantitative estimate of drug-likeness (QED) is 0.715. The predicted molar refractivity (Wildman–Crippen MR) is 75.0 cm³/mol. The van der Waals surface area contributed by atoms with E-state index in [0.29, 0.717) is 0 Å². The molecule has 0 aromatic carbocycles. The summed E-state index contributed by atoms with van der Waals surface area (Å²) in [7, 11) is 0. The van der Waals surface area contributed by atoms with Crippen LogP contribution in [0.25, 0.3) is 0 Å². The van der Waals surface area contributed by atoms with Crippen LogP contribution in [0.2, 0.25) is 0 Å². The summed E-state index contributed by atoms with van der Waals surface area (Å²) in [6.07, 6.45) is 6.30. The summed E-state index contributed by atoms with van der Waals surface area (Å²) in [5.41, 5.74) is 0. The Hall–Kier alpha value is -0.630. The molecule has 0 aromatic rings. The molecule has 102 valence electrons. The Morgan fingerprint density at radius 2 is 1.76 bits per heavy atom. The van der Waals surface area contributed by atoms with Crippen molar-refractivity contribution in [2.75, 3.05) is 0 Å². The standard InChI is InChI=1S/C12H22O2.C3H8/c1-5-7-8-9(3)12(14)11(6-2)10(4)13;1-3-2/h5,7,9,11-12,14H,6,8H2,1-4H3;3H2,1-2H3/b7-5+;/t9-,11-,12-;/m1./s1. The molecule has 0 bridgehead atoms. The number of rotatable bonds is 6. The maximum absolute atomic E-state index is 11.2. The van der Waals surface area contributed by atoms with Gasteiger partial charge in [-0.2, -0.15) is 0 Å². The predicted octanol–water partition coefficient (Wildman–Crippen LogP) is 3.98. The number of Topliss-reactive ketones (excluding diaryl/α,β-unsaturated/α-hetero) is 1. The first kappa shape index (κ1) is 18.7. The van der Waals surface area contributed by atoms with Crippen LogP contribution in [0.4, 0.5) is 0 Å². The van der Waals surface area contributed by atoms with Crippen LogP contribution in [0.1, 0.15) is 60.8 Å². The summed E-state index contributed by atoms with van der Waals surface area (Å²) in [4.78, 5) is 11.2. The van der Waals surface area contributed by atoms with Crippen LogP contribution in [-0.2, 0) is 4.79 Å². The zero-order valence-electron chi connectivity index (χ0n) is 12.4. The molecule has 0 spiro atoms. The van der Waals surface area contributed by atoms with Crippen molar-refractivity contribution in [3.05, 3.63) is 12.2 Å². The molecule has 0 unspecified atom stereocenters. The number of aliphatic hydroxyl groups excluding tert-OH is 1. The van der Waals surface area contributed by atoms with E-state index in [2.05, 4.69) is 13.8 Å². The fourth-order valence-electron chi connectivity index (χ4n) is 1.66. The number of ketones is 1. The lowest BCUT2D eigenvalue weighted by molar-refractivity contribution is -0.125. The third-order valence-corrected chi connectivity index (χ3v) is 2.70. The average Bonchev–Trinajstić information content (AvgIpc) is 2.27. The van der Waals surface area contributed by atoms with E-state index in [1.807, 2.05) is 32.9 Å². The minimum atomic E-state index is -0.506. The molecule has 0 aliphatic rings. The van der Waals surface area contributed by atoms with Crippen molar-refractivity contribution in [3.8, 4) is 0 Å². The second-order valence-electron chi connectivity index (χ2n) is 4.61. The minimum absolute atomic E-state index is 0.0901. The van der Waals surface area contributed by atoms with Gasteiger partial charge in [0.25, 0.3) is 0 Å². The first-order chi connectivity index (χ1) is 7.95. The van der Waals surface area contributed by atoms with Gasteiger partial charge in [0.05, 0.1) is 6.10 Å². The lowest BCUT2D eigenvalue weighted by atomic mass is 9.86. The smallest absolute Gasteiger partial charge is 0.135 e. The van der Waals surface area contributed by atoms with Crippen LogP contribution in [-0.4, -0.2) is 17.0 Å². The largest absolute Gasteiger partial charge is 0.392 e. The van der Waals surface area contributed by atoms with Crippen LogP contribution in [0.15, 0.2) is 12.2 Å². The summed E-state index contributed by atoms with van der Waals surface area (Å²) < 4.78 is 0. The van der Waals surface area contributed by atoms with Gasteiger partial charge in [-0.25, -0.2) is 0 Å². The molecule has 3 atom stereocenters. The van der Waals surface area contributed by atoms with Gasteiger partial charge in [-0.1, -0.05) is 46.3 Å². The Kier molecular flexibility index (Phi) is 13.0. The molecular weight excluding hydrogens is 212 g/mol. The highest BCUT2D eigenvalue weighted by Gasteiger charge is 2.25. The van der Waals surface area contributed by atoms with Gasteiger partial charge in [-0.3, -0.25) is 4.79 Å². The SMILES string of the molecule is C/C=C/C[C@@H](C)[C@@H](O)[C@H](CC)C(C)=O.CCC. The van der Waals surface area contributed by atoms with Crippen LogP contribution >= 0.6 is 0 Å². The Morgan fingerprint density at radius 1 is 1.29 bits per heavy atom. The molecule has 0 aromatic heterocycles. The van der Waals surface area contributed by atoms with Gasteiger partial charge in [0.2, 0.25) is 0 Å². The number of allylic oxidation sites excluding steroid dienone is 2. The van der Waals surface area contributed by atoms with Crippen molar-refractivity contribution < 1.29 is 9.90 Å². The molecule has 0 saturated carbocycles. The first-order valence-corrected chi connectivity index (χ1v) is 6.75. The van der Waals surface area contributed by atoms with E-state index < -0.39 is 6.10 Å². The summed E-state index contributed by atoms with van der Waals surface area (Å²) in [6, 6.07) is 0. The first-order valence-electron chi connectivity index (χ1n) is 6.75. The average molecular weight is 242 g/mol. The fourth-order valence-corrected chi connectivity index (χ4v) is 1.66. The van der Waals surface area contributed by atoms with E-state index >= 15 is 0 Å².